The van der Waals surface area contributed by atoms with Gasteiger partial charge in [0.05, 0.1) is 11.6 Å². The molecule has 1 amide bonds. The van der Waals surface area contributed by atoms with Crippen LogP contribution in [0.25, 0.3) is 0 Å². The molecule has 3 aliphatic heterocycles. The second-order valence-corrected chi connectivity index (χ2v) is 9.50. The lowest BCUT2D eigenvalue weighted by molar-refractivity contribution is -0.154. The Balaban J connectivity index is 1.74. The molecule has 0 radical (unpaired) electrons. The molecule has 3 heterocycles. The largest absolute Gasteiger partial charge is 0.392 e. The maximum absolute atomic E-state index is 12.5. The summed E-state index contributed by atoms with van der Waals surface area (Å²) in [5, 5.41) is 10.1. The minimum atomic E-state index is -0.234. The summed E-state index contributed by atoms with van der Waals surface area (Å²) in [4.78, 5) is 19.6. The van der Waals surface area contributed by atoms with E-state index in [4.69, 9.17) is 0 Å². The number of piperazine rings is 1. The van der Waals surface area contributed by atoms with Crippen LogP contribution in [-0.4, -0.2) is 82.7 Å². The molecule has 2 atom stereocenters. The minimum absolute atomic E-state index is 0.0516. The summed E-state index contributed by atoms with van der Waals surface area (Å²) >= 11 is 0. The van der Waals surface area contributed by atoms with Gasteiger partial charge in [-0.1, -0.05) is 34.6 Å². The number of hydrogen-bond donors (Lipinski definition) is 1. The highest BCUT2D eigenvalue weighted by Crippen LogP contribution is 2.40. The van der Waals surface area contributed by atoms with Crippen LogP contribution in [0.2, 0.25) is 0 Å². The highest BCUT2D eigenvalue weighted by atomic mass is 16.3. The van der Waals surface area contributed by atoms with E-state index in [-0.39, 0.29) is 23.5 Å². The van der Waals surface area contributed by atoms with Crippen molar-refractivity contribution in [2.45, 2.75) is 58.7 Å². The lowest BCUT2D eigenvalue weighted by atomic mass is 9.81. The molecule has 3 rings (SSSR count). The van der Waals surface area contributed by atoms with Crippen molar-refractivity contribution in [2.75, 3.05) is 39.3 Å². The van der Waals surface area contributed by atoms with Crippen LogP contribution in [-0.2, 0) is 4.79 Å². The van der Waals surface area contributed by atoms with Crippen molar-refractivity contribution in [2.24, 2.45) is 11.3 Å². The third-order valence-corrected chi connectivity index (χ3v) is 5.46. The normalized spacial score (nSPS) is 31.5. The first kappa shape index (κ1) is 17.2. The Bertz CT molecular complexity index is 465. The highest BCUT2D eigenvalue weighted by Gasteiger charge is 2.56. The molecule has 0 saturated carbocycles. The molecule has 0 aromatic heterocycles. The fraction of sp³-hybridized carbons (Fsp3) is 0.944. The molecule has 1 N–H and O–H groups in total. The predicted molar refractivity (Wildman–Crippen MR) is 91.2 cm³/mol. The van der Waals surface area contributed by atoms with Crippen LogP contribution in [0, 0.1) is 11.3 Å². The van der Waals surface area contributed by atoms with Crippen LogP contribution in [0.1, 0.15) is 41.0 Å². The van der Waals surface area contributed by atoms with Gasteiger partial charge < -0.3 is 10.0 Å². The number of β-amino-alcohol motifs (C(OH)–C–C–N with tert-alkyl or cyclic N) is 1. The maximum Gasteiger partial charge on any atom is 0.225 e. The van der Waals surface area contributed by atoms with E-state index >= 15 is 0 Å². The lowest BCUT2D eigenvalue weighted by Crippen LogP contribution is -2.79. The zero-order valence-electron chi connectivity index (χ0n) is 15.4. The van der Waals surface area contributed by atoms with Crippen molar-refractivity contribution in [3.8, 4) is 0 Å². The molecule has 3 aliphatic rings. The molecular weight excluding hydrogens is 290 g/mol. The number of nitrogens with zero attached hydrogens (tertiary/aromatic N) is 3. The Morgan fingerprint density at radius 2 is 1.87 bits per heavy atom. The lowest BCUT2D eigenvalue weighted by Gasteiger charge is -2.62. The zero-order valence-corrected chi connectivity index (χ0v) is 15.4. The topological polar surface area (TPSA) is 47.0 Å². The maximum atomic E-state index is 12.5. The number of aliphatic hydroxyl groups is 1. The van der Waals surface area contributed by atoms with Crippen molar-refractivity contribution < 1.29 is 9.90 Å². The van der Waals surface area contributed by atoms with Gasteiger partial charge in [0.25, 0.3) is 0 Å². The van der Waals surface area contributed by atoms with Crippen LogP contribution in [0.15, 0.2) is 0 Å². The van der Waals surface area contributed by atoms with E-state index in [1.54, 1.807) is 0 Å². The third kappa shape index (κ3) is 3.28. The molecule has 2 unspecified atom stereocenters. The van der Waals surface area contributed by atoms with E-state index in [9.17, 15) is 9.90 Å². The van der Waals surface area contributed by atoms with Gasteiger partial charge in [-0.25, -0.2) is 0 Å². The van der Waals surface area contributed by atoms with E-state index in [0.717, 1.165) is 45.7 Å². The number of hydrogen-bond acceptors (Lipinski definition) is 4. The van der Waals surface area contributed by atoms with Crippen LogP contribution in [0.5, 0.6) is 0 Å². The summed E-state index contributed by atoms with van der Waals surface area (Å²) in [6, 6.07) is 0.332. The first-order valence-corrected chi connectivity index (χ1v) is 9.06. The molecule has 0 aromatic carbocycles. The van der Waals surface area contributed by atoms with Gasteiger partial charge in [-0.2, -0.15) is 0 Å². The van der Waals surface area contributed by atoms with E-state index in [0.29, 0.717) is 11.5 Å². The third-order valence-electron chi connectivity index (χ3n) is 5.46. The number of amides is 1. The fourth-order valence-electron chi connectivity index (χ4n) is 4.79. The van der Waals surface area contributed by atoms with E-state index in [1.165, 1.54) is 0 Å². The molecule has 0 aromatic rings. The van der Waals surface area contributed by atoms with Crippen LogP contribution in [0.4, 0.5) is 0 Å². The van der Waals surface area contributed by atoms with Gasteiger partial charge in [-0.15, -0.1) is 0 Å². The van der Waals surface area contributed by atoms with Crippen LogP contribution in [0.3, 0.4) is 0 Å². The second-order valence-electron chi connectivity index (χ2n) is 9.50. The van der Waals surface area contributed by atoms with Gasteiger partial charge in [-0.3, -0.25) is 14.6 Å². The average Bonchev–Trinajstić information content (AvgIpc) is 2.74. The predicted octanol–water partition coefficient (Wildman–Crippen LogP) is 1.02. The molecular formula is C18H33N3O2. The van der Waals surface area contributed by atoms with Crippen molar-refractivity contribution in [3.05, 3.63) is 0 Å². The number of carbonyl (C=O) groups is 1. The van der Waals surface area contributed by atoms with Gasteiger partial charge in [-0.05, 0) is 11.8 Å². The summed E-state index contributed by atoms with van der Waals surface area (Å²) < 4.78 is 0. The summed E-state index contributed by atoms with van der Waals surface area (Å²) in [5.41, 5.74) is 0.365. The first-order valence-electron chi connectivity index (χ1n) is 9.06. The number of aliphatic hydroxyl groups excluding tert-OH is 1. The Kier molecular flexibility index (Phi) is 4.27. The Morgan fingerprint density at radius 3 is 2.43 bits per heavy atom. The monoisotopic (exact) mass is 323 g/mol. The minimum Gasteiger partial charge on any atom is -0.392 e. The van der Waals surface area contributed by atoms with Gasteiger partial charge in [0.15, 0.2) is 0 Å². The molecule has 3 saturated heterocycles. The molecule has 1 spiro atoms. The molecule has 23 heavy (non-hydrogen) atoms. The highest BCUT2D eigenvalue weighted by molar-refractivity contribution is 5.78. The molecule has 132 valence electrons. The molecule has 0 bridgehead atoms. The summed E-state index contributed by atoms with van der Waals surface area (Å²) in [7, 11) is 0. The fourth-order valence-corrected chi connectivity index (χ4v) is 4.79. The average molecular weight is 323 g/mol. The summed E-state index contributed by atoms with van der Waals surface area (Å²) in [6.07, 6.45) is 0.575. The second kappa shape index (κ2) is 5.71. The molecule has 3 fully saturated rings. The number of fused-ring (bicyclic) bond motifs is 2. The summed E-state index contributed by atoms with van der Waals surface area (Å²) in [6.45, 7) is 16.3. The number of carbonyl (C=O) groups excluding carboxylic acids is 1. The van der Waals surface area contributed by atoms with Gasteiger partial charge >= 0.3 is 0 Å². The quantitative estimate of drug-likeness (QED) is 0.824. The SMILES string of the molecule is CC(C)C(=O)N1CC2CC(O)CN2C2(CN(CC(C)(C)C)C2)C1. The smallest absolute Gasteiger partial charge is 0.225 e. The van der Waals surface area contributed by atoms with Crippen molar-refractivity contribution in [1.82, 2.24) is 14.7 Å². The molecule has 0 aliphatic carbocycles. The van der Waals surface area contributed by atoms with Crippen molar-refractivity contribution in [1.29, 1.82) is 0 Å². The van der Waals surface area contributed by atoms with E-state index < -0.39 is 0 Å². The van der Waals surface area contributed by atoms with Gasteiger partial charge in [0.2, 0.25) is 5.91 Å². The Morgan fingerprint density at radius 1 is 1.22 bits per heavy atom. The van der Waals surface area contributed by atoms with Crippen molar-refractivity contribution >= 4 is 5.91 Å². The summed E-state index contributed by atoms with van der Waals surface area (Å²) in [5.74, 6) is 0.315. The molecule has 5 heteroatoms. The van der Waals surface area contributed by atoms with E-state index in [2.05, 4.69) is 35.5 Å². The van der Waals surface area contributed by atoms with Crippen LogP contribution >= 0.6 is 0 Å². The number of rotatable bonds is 2. The Hall–Kier alpha value is -0.650. The van der Waals surface area contributed by atoms with Gasteiger partial charge in [0, 0.05) is 51.2 Å². The van der Waals surface area contributed by atoms with Crippen molar-refractivity contribution in [3.63, 3.8) is 0 Å². The first-order chi connectivity index (χ1) is 10.6. The zero-order chi connectivity index (χ0) is 17.0. The Labute approximate surface area is 140 Å². The van der Waals surface area contributed by atoms with Gasteiger partial charge in [0.1, 0.15) is 0 Å². The standard InChI is InChI=1S/C18H33N3O2/c1-13(2)16(23)20-7-14-6-15(22)8-21(14)18(12-20)10-19(11-18)9-17(3,4)5/h13-15,22H,6-12H2,1-5H3. The van der Waals surface area contributed by atoms with Crippen LogP contribution < -0.4 is 0 Å². The molecule has 5 nitrogen and oxygen atoms in total. The van der Waals surface area contributed by atoms with E-state index in [1.807, 2.05) is 13.8 Å². The number of likely N-dealkylation sites (tertiary alicyclic amines) is 1.